The Hall–Kier alpha value is -2.02. The van der Waals surface area contributed by atoms with Crippen molar-refractivity contribution in [2.45, 2.75) is 20.4 Å². The Morgan fingerprint density at radius 1 is 1.33 bits per heavy atom. The van der Waals surface area contributed by atoms with Crippen molar-refractivity contribution in [2.75, 3.05) is 32.7 Å². The molecule has 0 radical (unpaired) electrons. The Bertz CT molecular complexity index is 518. The number of furan rings is 1. The minimum Gasteiger partial charge on any atom is -0.478 e. The van der Waals surface area contributed by atoms with E-state index in [1.807, 2.05) is 0 Å². The summed E-state index contributed by atoms with van der Waals surface area (Å²) in [6, 6.07) is 1.31. The molecule has 0 aliphatic carbocycles. The van der Waals surface area contributed by atoms with Crippen molar-refractivity contribution >= 4 is 12.0 Å². The van der Waals surface area contributed by atoms with Gasteiger partial charge in [0.1, 0.15) is 17.1 Å². The molecule has 116 valence electrons. The van der Waals surface area contributed by atoms with E-state index in [9.17, 15) is 9.59 Å². The molecule has 7 nitrogen and oxygen atoms in total. The fourth-order valence-corrected chi connectivity index (χ4v) is 2.38. The maximum Gasteiger partial charge on any atom is 0.339 e. The maximum atomic E-state index is 12.0. The molecule has 1 saturated heterocycles. The first-order chi connectivity index (χ1) is 10.0. The first-order valence-electron chi connectivity index (χ1n) is 7.09. The zero-order valence-electron chi connectivity index (χ0n) is 12.4. The molecule has 21 heavy (non-hydrogen) atoms. The van der Waals surface area contributed by atoms with E-state index in [1.165, 1.54) is 6.07 Å². The van der Waals surface area contributed by atoms with Crippen LogP contribution in [-0.2, 0) is 6.54 Å². The highest BCUT2D eigenvalue weighted by Gasteiger charge is 2.20. The van der Waals surface area contributed by atoms with Gasteiger partial charge in [-0.3, -0.25) is 0 Å². The summed E-state index contributed by atoms with van der Waals surface area (Å²) in [5.41, 5.74) is 0.135. The number of urea groups is 1. The summed E-state index contributed by atoms with van der Waals surface area (Å²) in [6.07, 6.45) is 0. The molecule has 1 fully saturated rings. The second-order valence-electron chi connectivity index (χ2n) is 5.07. The van der Waals surface area contributed by atoms with Crippen molar-refractivity contribution in [1.82, 2.24) is 15.1 Å². The number of nitrogens with one attached hydrogen (secondary N) is 1. The Labute approximate surface area is 123 Å². The van der Waals surface area contributed by atoms with E-state index in [0.29, 0.717) is 24.6 Å². The van der Waals surface area contributed by atoms with E-state index in [0.717, 1.165) is 19.6 Å². The minimum atomic E-state index is -1.02. The average Bonchev–Trinajstić information content (AvgIpc) is 2.86. The van der Waals surface area contributed by atoms with Crippen molar-refractivity contribution in [3.05, 3.63) is 23.2 Å². The summed E-state index contributed by atoms with van der Waals surface area (Å²) in [5, 5.41) is 11.7. The number of nitrogens with zero attached hydrogens (tertiary/aromatic N) is 2. The van der Waals surface area contributed by atoms with Crippen LogP contribution in [0.5, 0.6) is 0 Å². The van der Waals surface area contributed by atoms with E-state index in [1.54, 1.807) is 11.8 Å². The smallest absolute Gasteiger partial charge is 0.339 e. The number of carbonyl (C=O) groups is 2. The Kier molecular flexibility index (Phi) is 4.85. The number of likely N-dealkylation sites (N-methyl/N-ethyl adjacent to an activating group) is 1. The molecule has 1 aromatic rings. The lowest BCUT2D eigenvalue weighted by atomic mass is 10.2. The number of carboxylic acids is 1. The van der Waals surface area contributed by atoms with Gasteiger partial charge in [-0.05, 0) is 19.5 Å². The minimum absolute atomic E-state index is 0.135. The van der Waals surface area contributed by atoms with Crippen LogP contribution in [0.1, 0.15) is 28.8 Å². The lowest BCUT2D eigenvalue weighted by Crippen LogP contribution is -2.51. The first kappa shape index (κ1) is 15.4. The predicted octanol–water partition coefficient (Wildman–Crippen LogP) is 1.13. The van der Waals surface area contributed by atoms with Crippen molar-refractivity contribution in [1.29, 1.82) is 0 Å². The molecule has 1 aliphatic heterocycles. The van der Waals surface area contributed by atoms with Gasteiger partial charge in [0.2, 0.25) is 0 Å². The van der Waals surface area contributed by atoms with E-state index < -0.39 is 5.97 Å². The van der Waals surface area contributed by atoms with Gasteiger partial charge in [0.15, 0.2) is 0 Å². The molecule has 0 bridgehead atoms. The molecule has 2 rings (SSSR count). The second-order valence-corrected chi connectivity index (χ2v) is 5.07. The molecular formula is C14H21N3O4. The summed E-state index contributed by atoms with van der Waals surface area (Å²) >= 11 is 0. The summed E-state index contributed by atoms with van der Waals surface area (Å²) in [6.45, 7) is 8.07. The van der Waals surface area contributed by atoms with Gasteiger partial charge in [0, 0.05) is 26.2 Å². The Balaban J connectivity index is 1.84. The topological polar surface area (TPSA) is 86.0 Å². The fraction of sp³-hybridized carbons (Fsp3) is 0.571. The predicted molar refractivity (Wildman–Crippen MR) is 76.3 cm³/mol. The lowest BCUT2D eigenvalue weighted by molar-refractivity contribution is 0.0695. The number of amides is 2. The normalized spacial score (nSPS) is 16.0. The molecular weight excluding hydrogens is 274 g/mol. The number of piperazine rings is 1. The quantitative estimate of drug-likeness (QED) is 0.869. The molecule has 0 saturated carbocycles. The van der Waals surface area contributed by atoms with Gasteiger partial charge in [-0.1, -0.05) is 6.92 Å². The van der Waals surface area contributed by atoms with Crippen molar-refractivity contribution < 1.29 is 19.1 Å². The van der Waals surface area contributed by atoms with Crippen LogP contribution in [0.4, 0.5) is 4.79 Å². The van der Waals surface area contributed by atoms with Crippen molar-refractivity contribution in [3.8, 4) is 0 Å². The van der Waals surface area contributed by atoms with E-state index in [2.05, 4.69) is 17.1 Å². The van der Waals surface area contributed by atoms with Gasteiger partial charge in [0.05, 0.1) is 6.54 Å². The summed E-state index contributed by atoms with van der Waals surface area (Å²) in [7, 11) is 0. The Morgan fingerprint density at radius 3 is 2.52 bits per heavy atom. The van der Waals surface area contributed by atoms with Gasteiger partial charge in [-0.2, -0.15) is 0 Å². The Morgan fingerprint density at radius 2 is 2.00 bits per heavy atom. The van der Waals surface area contributed by atoms with Crippen LogP contribution >= 0.6 is 0 Å². The highest BCUT2D eigenvalue weighted by Crippen LogP contribution is 2.14. The summed E-state index contributed by atoms with van der Waals surface area (Å²) in [5.74, 6) is -0.224. The highest BCUT2D eigenvalue weighted by molar-refractivity contribution is 5.88. The van der Waals surface area contributed by atoms with Gasteiger partial charge in [-0.15, -0.1) is 0 Å². The first-order valence-corrected chi connectivity index (χ1v) is 7.09. The number of aryl methyl sites for hydroxylation is 1. The molecule has 0 unspecified atom stereocenters. The number of carboxylic acid groups (broad SMARTS) is 1. The number of hydrogen-bond acceptors (Lipinski definition) is 4. The van der Waals surface area contributed by atoms with Crippen LogP contribution in [0.25, 0.3) is 0 Å². The molecule has 1 aromatic heterocycles. The number of hydrogen-bond donors (Lipinski definition) is 2. The molecule has 0 spiro atoms. The third kappa shape index (κ3) is 3.75. The van der Waals surface area contributed by atoms with Crippen LogP contribution in [-0.4, -0.2) is 59.6 Å². The van der Waals surface area contributed by atoms with Crippen LogP contribution in [0.15, 0.2) is 10.5 Å². The summed E-state index contributed by atoms with van der Waals surface area (Å²) in [4.78, 5) is 27.0. The SMILES string of the molecule is CCN1CCN(C(=O)NCc2cc(C(=O)O)c(C)o2)CC1. The molecule has 2 N–H and O–H groups in total. The maximum absolute atomic E-state index is 12.0. The second kappa shape index (κ2) is 6.62. The zero-order valence-corrected chi connectivity index (χ0v) is 12.4. The lowest BCUT2D eigenvalue weighted by Gasteiger charge is -2.33. The van der Waals surface area contributed by atoms with Crippen molar-refractivity contribution in [2.24, 2.45) is 0 Å². The van der Waals surface area contributed by atoms with E-state index in [4.69, 9.17) is 9.52 Å². The third-order valence-corrected chi connectivity index (χ3v) is 3.72. The standard InChI is InChI=1S/C14H21N3O4/c1-3-16-4-6-17(7-5-16)14(20)15-9-11-8-12(13(18)19)10(2)21-11/h8H,3-7,9H2,1-2H3,(H,15,20)(H,18,19). The zero-order chi connectivity index (χ0) is 15.4. The number of aromatic carboxylic acids is 1. The van der Waals surface area contributed by atoms with Crippen LogP contribution < -0.4 is 5.32 Å². The van der Waals surface area contributed by atoms with Gasteiger partial charge < -0.3 is 24.6 Å². The number of carbonyl (C=O) groups excluding carboxylic acids is 1. The molecule has 7 heteroatoms. The molecule has 1 aliphatic rings. The largest absolute Gasteiger partial charge is 0.478 e. The van der Waals surface area contributed by atoms with Crippen molar-refractivity contribution in [3.63, 3.8) is 0 Å². The van der Waals surface area contributed by atoms with Crippen LogP contribution in [0.3, 0.4) is 0 Å². The molecule has 2 amide bonds. The van der Waals surface area contributed by atoms with E-state index in [-0.39, 0.29) is 18.1 Å². The number of rotatable bonds is 4. The molecule has 0 atom stereocenters. The fourth-order valence-electron chi connectivity index (χ4n) is 2.38. The summed E-state index contributed by atoms with van der Waals surface area (Å²) < 4.78 is 5.33. The third-order valence-electron chi connectivity index (χ3n) is 3.72. The van der Waals surface area contributed by atoms with E-state index >= 15 is 0 Å². The van der Waals surface area contributed by atoms with Crippen LogP contribution in [0, 0.1) is 6.92 Å². The molecule has 0 aromatic carbocycles. The van der Waals surface area contributed by atoms with Gasteiger partial charge in [-0.25, -0.2) is 9.59 Å². The average molecular weight is 295 g/mol. The highest BCUT2D eigenvalue weighted by atomic mass is 16.4. The molecule has 2 heterocycles. The van der Waals surface area contributed by atoms with Crippen LogP contribution in [0.2, 0.25) is 0 Å². The monoisotopic (exact) mass is 295 g/mol. The van der Waals surface area contributed by atoms with Gasteiger partial charge in [0.25, 0.3) is 0 Å². The van der Waals surface area contributed by atoms with Gasteiger partial charge >= 0.3 is 12.0 Å².